The van der Waals surface area contributed by atoms with E-state index in [2.05, 4.69) is 15.0 Å². The average molecular weight is 261 g/mol. The summed E-state index contributed by atoms with van der Waals surface area (Å²) in [5.74, 6) is -0.992. The summed E-state index contributed by atoms with van der Waals surface area (Å²) in [6, 6.07) is 4.57. The molecule has 2 N–H and O–H groups in total. The van der Waals surface area contributed by atoms with Crippen molar-refractivity contribution in [2.75, 3.05) is 0 Å². The second-order valence-electron chi connectivity index (χ2n) is 3.46. The molecule has 7 heteroatoms. The van der Waals surface area contributed by atoms with Gasteiger partial charge in [-0.05, 0) is 18.2 Å². The third-order valence-corrected chi connectivity index (χ3v) is 3.04. The van der Waals surface area contributed by atoms with E-state index < -0.39 is 5.97 Å². The summed E-state index contributed by atoms with van der Waals surface area (Å²) in [6.07, 6.45) is 3.33. The van der Waals surface area contributed by atoms with Crippen LogP contribution in [-0.4, -0.2) is 26.0 Å². The van der Waals surface area contributed by atoms with Crippen LogP contribution in [0.3, 0.4) is 0 Å². The smallest absolute Gasteiger partial charge is 0.335 e. The number of carbonyl (C=O) groups is 1. The van der Waals surface area contributed by atoms with Gasteiger partial charge in [0.15, 0.2) is 10.7 Å². The fraction of sp³-hybridized carbons (Fsp3) is 0. The van der Waals surface area contributed by atoms with E-state index in [-0.39, 0.29) is 5.56 Å². The Labute approximate surface area is 105 Å². The highest BCUT2D eigenvalue weighted by molar-refractivity contribution is 7.98. The van der Waals surface area contributed by atoms with Gasteiger partial charge in [-0.15, -0.1) is 0 Å². The summed E-state index contributed by atoms with van der Waals surface area (Å²) in [7, 11) is 0. The number of aromatic amines is 1. The third-order valence-electron chi connectivity index (χ3n) is 2.27. The van der Waals surface area contributed by atoms with Gasteiger partial charge in [-0.1, -0.05) is 0 Å². The van der Waals surface area contributed by atoms with E-state index in [0.29, 0.717) is 21.5 Å². The molecule has 0 aliphatic carbocycles. The Balaban J connectivity index is 1.98. The van der Waals surface area contributed by atoms with E-state index in [1.807, 2.05) is 0 Å². The summed E-state index contributed by atoms with van der Waals surface area (Å²) in [4.78, 5) is 22.0. The molecular formula is C11H7N3O3S. The predicted octanol–water partition coefficient (Wildman–Crippen LogP) is 2.40. The van der Waals surface area contributed by atoms with Crippen molar-refractivity contribution >= 4 is 28.8 Å². The third kappa shape index (κ3) is 1.95. The largest absolute Gasteiger partial charge is 0.478 e. The van der Waals surface area contributed by atoms with Crippen LogP contribution in [0.5, 0.6) is 0 Å². The summed E-state index contributed by atoms with van der Waals surface area (Å²) in [5, 5.41) is 9.96. The lowest BCUT2D eigenvalue weighted by Gasteiger charge is -1.91. The molecule has 18 heavy (non-hydrogen) atoms. The van der Waals surface area contributed by atoms with E-state index in [1.54, 1.807) is 18.5 Å². The maximum atomic E-state index is 10.8. The molecule has 0 bridgehead atoms. The molecule has 0 saturated heterocycles. The van der Waals surface area contributed by atoms with E-state index >= 15 is 0 Å². The number of aromatic nitrogens is 3. The molecule has 2 heterocycles. The molecule has 0 spiro atoms. The molecule has 6 nitrogen and oxygen atoms in total. The minimum Gasteiger partial charge on any atom is -0.478 e. The van der Waals surface area contributed by atoms with Crippen molar-refractivity contribution in [1.82, 2.24) is 15.0 Å². The summed E-state index contributed by atoms with van der Waals surface area (Å²) < 4.78 is 5.46. The number of aromatic carboxylic acids is 1. The van der Waals surface area contributed by atoms with Crippen molar-refractivity contribution in [1.29, 1.82) is 0 Å². The number of H-pyrrole nitrogens is 1. The fourth-order valence-electron chi connectivity index (χ4n) is 1.47. The Morgan fingerprint density at radius 1 is 1.44 bits per heavy atom. The number of rotatable bonds is 3. The van der Waals surface area contributed by atoms with E-state index in [9.17, 15) is 4.79 Å². The Hall–Kier alpha value is -2.28. The van der Waals surface area contributed by atoms with Gasteiger partial charge < -0.3 is 14.5 Å². The number of benzene rings is 1. The van der Waals surface area contributed by atoms with Crippen LogP contribution in [0.2, 0.25) is 0 Å². The molecule has 0 saturated carbocycles. The lowest BCUT2D eigenvalue weighted by atomic mass is 10.2. The van der Waals surface area contributed by atoms with Crippen LogP contribution in [0.15, 0.2) is 45.4 Å². The van der Waals surface area contributed by atoms with Gasteiger partial charge in [0.1, 0.15) is 5.52 Å². The Morgan fingerprint density at radius 2 is 2.33 bits per heavy atom. The molecule has 0 atom stereocenters. The lowest BCUT2D eigenvalue weighted by Crippen LogP contribution is -1.94. The van der Waals surface area contributed by atoms with E-state index in [0.717, 1.165) is 0 Å². The molecule has 2 aromatic heterocycles. The predicted molar refractivity (Wildman–Crippen MR) is 63.7 cm³/mol. The number of oxazole rings is 1. The zero-order chi connectivity index (χ0) is 12.5. The van der Waals surface area contributed by atoms with Crippen LogP contribution in [0.25, 0.3) is 11.1 Å². The molecule has 90 valence electrons. The van der Waals surface area contributed by atoms with Crippen LogP contribution in [0.4, 0.5) is 0 Å². The van der Waals surface area contributed by atoms with Gasteiger partial charge in [0.2, 0.25) is 0 Å². The number of hydrogen-bond donors (Lipinski definition) is 2. The molecule has 0 unspecified atom stereocenters. The van der Waals surface area contributed by atoms with E-state index in [1.165, 1.54) is 23.9 Å². The van der Waals surface area contributed by atoms with Crippen LogP contribution >= 0.6 is 11.8 Å². The first-order valence-corrected chi connectivity index (χ1v) is 5.85. The first kappa shape index (κ1) is 10.8. The minimum atomic E-state index is -0.992. The van der Waals surface area contributed by atoms with Crippen molar-refractivity contribution in [2.24, 2.45) is 0 Å². The average Bonchev–Trinajstić information content (AvgIpc) is 2.96. The van der Waals surface area contributed by atoms with Gasteiger partial charge in [0, 0.05) is 24.2 Å². The highest BCUT2D eigenvalue weighted by Gasteiger charge is 2.11. The number of nitrogens with zero attached hydrogens (tertiary/aromatic N) is 2. The number of nitrogens with one attached hydrogen (secondary N) is 1. The van der Waals surface area contributed by atoms with Crippen LogP contribution in [-0.2, 0) is 0 Å². The first-order valence-electron chi connectivity index (χ1n) is 5.03. The number of carboxylic acids is 1. The van der Waals surface area contributed by atoms with Crippen molar-refractivity contribution in [2.45, 2.75) is 10.4 Å². The fourth-order valence-corrected chi connectivity index (χ4v) is 2.15. The maximum absolute atomic E-state index is 10.8. The molecule has 0 fully saturated rings. The van der Waals surface area contributed by atoms with Crippen molar-refractivity contribution < 1.29 is 14.3 Å². The lowest BCUT2D eigenvalue weighted by molar-refractivity contribution is 0.0697. The molecule has 0 amide bonds. The van der Waals surface area contributed by atoms with Crippen LogP contribution in [0, 0.1) is 0 Å². The van der Waals surface area contributed by atoms with Gasteiger partial charge >= 0.3 is 5.97 Å². The highest BCUT2D eigenvalue weighted by atomic mass is 32.2. The Morgan fingerprint density at radius 3 is 3.06 bits per heavy atom. The SMILES string of the molecule is O=C(O)c1ccc2nc(Sc3ncc[nH]3)oc2c1. The summed E-state index contributed by atoms with van der Waals surface area (Å²) in [5.41, 5.74) is 1.24. The van der Waals surface area contributed by atoms with Crippen molar-refractivity contribution in [3.8, 4) is 0 Å². The maximum Gasteiger partial charge on any atom is 0.335 e. The molecular weight excluding hydrogens is 254 g/mol. The molecule has 3 rings (SSSR count). The monoisotopic (exact) mass is 261 g/mol. The van der Waals surface area contributed by atoms with Crippen LogP contribution in [0.1, 0.15) is 10.4 Å². The summed E-state index contributed by atoms with van der Waals surface area (Å²) in [6.45, 7) is 0. The zero-order valence-corrected chi connectivity index (χ0v) is 9.77. The van der Waals surface area contributed by atoms with Crippen LogP contribution < -0.4 is 0 Å². The molecule has 3 aromatic rings. The number of fused-ring (bicyclic) bond motifs is 1. The van der Waals surface area contributed by atoms with Gasteiger partial charge in [-0.2, -0.15) is 0 Å². The van der Waals surface area contributed by atoms with Gasteiger partial charge in [-0.25, -0.2) is 14.8 Å². The topological polar surface area (TPSA) is 92.0 Å². The van der Waals surface area contributed by atoms with Gasteiger partial charge in [0.25, 0.3) is 5.22 Å². The molecule has 0 aliphatic heterocycles. The quantitative estimate of drug-likeness (QED) is 0.752. The zero-order valence-electron chi connectivity index (χ0n) is 8.95. The van der Waals surface area contributed by atoms with Crippen molar-refractivity contribution in [3.05, 3.63) is 36.2 Å². The molecule has 0 aliphatic rings. The number of hydrogen-bond acceptors (Lipinski definition) is 5. The summed E-state index contributed by atoms with van der Waals surface area (Å²) >= 11 is 1.24. The Bertz CT molecular complexity index is 705. The van der Waals surface area contributed by atoms with Gasteiger partial charge in [-0.3, -0.25) is 0 Å². The van der Waals surface area contributed by atoms with E-state index in [4.69, 9.17) is 9.52 Å². The first-order chi connectivity index (χ1) is 8.72. The second kappa shape index (κ2) is 4.19. The Kier molecular flexibility index (Phi) is 2.52. The minimum absolute atomic E-state index is 0.174. The second-order valence-corrected chi connectivity index (χ2v) is 4.40. The highest BCUT2D eigenvalue weighted by Crippen LogP contribution is 2.27. The van der Waals surface area contributed by atoms with Crippen molar-refractivity contribution in [3.63, 3.8) is 0 Å². The normalized spacial score (nSPS) is 10.9. The number of carboxylic acid groups (broad SMARTS) is 1. The van der Waals surface area contributed by atoms with Gasteiger partial charge in [0.05, 0.1) is 5.56 Å². The number of imidazole rings is 1. The molecule has 1 aromatic carbocycles. The molecule has 0 radical (unpaired) electrons. The standard InChI is InChI=1S/C11H7N3O3S/c15-9(16)6-1-2-7-8(5-6)17-11(14-7)18-10-12-3-4-13-10/h1-5H,(H,12,13)(H,15,16).